The Bertz CT molecular complexity index is 1460. The van der Waals surface area contributed by atoms with Crippen LogP contribution in [-0.4, -0.2) is 26.0 Å². The number of benzene rings is 3. The fourth-order valence-electron chi connectivity index (χ4n) is 4.80. The Morgan fingerprint density at radius 1 is 0.972 bits per heavy atom. The number of carbonyl (C=O) groups excluding carboxylic acids is 2. The fraction of sp³-hybridized carbons (Fsp3) is 0.172. The summed E-state index contributed by atoms with van der Waals surface area (Å²) in [6.45, 7) is 1.81. The predicted molar refractivity (Wildman–Crippen MR) is 132 cm³/mol. The minimum Gasteiger partial charge on any atom is -0.493 e. The van der Waals surface area contributed by atoms with E-state index >= 15 is 0 Å². The van der Waals surface area contributed by atoms with E-state index in [0.717, 1.165) is 5.56 Å². The second-order valence-corrected chi connectivity index (χ2v) is 8.54. The first-order chi connectivity index (χ1) is 17.4. The Balaban J connectivity index is 1.57. The largest absolute Gasteiger partial charge is 0.493 e. The molecule has 0 unspecified atom stereocenters. The zero-order chi connectivity index (χ0) is 25.4. The van der Waals surface area contributed by atoms with E-state index in [1.54, 1.807) is 49.4 Å². The van der Waals surface area contributed by atoms with Crippen molar-refractivity contribution in [1.82, 2.24) is 5.32 Å². The van der Waals surface area contributed by atoms with Crippen molar-refractivity contribution in [3.63, 3.8) is 0 Å². The highest BCUT2D eigenvalue weighted by Gasteiger charge is 2.43. The van der Waals surface area contributed by atoms with Crippen molar-refractivity contribution in [2.75, 3.05) is 14.2 Å². The van der Waals surface area contributed by atoms with Crippen molar-refractivity contribution in [1.29, 1.82) is 0 Å². The summed E-state index contributed by atoms with van der Waals surface area (Å²) in [5, 5.41) is 3.26. The number of halogens is 1. The summed E-state index contributed by atoms with van der Waals surface area (Å²) >= 11 is 0. The van der Waals surface area contributed by atoms with Crippen LogP contribution in [0.5, 0.6) is 11.5 Å². The first-order valence-corrected chi connectivity index (χ1v) is 11.4. The molecule has 0 radical (unpaired) electrons. The molecule has 1 aliphatic heterocycles. The first-order valence-electron chi connectivity index (χ1n) is 11.4. The normalized spacial score (nSPS) is 16.3. The van der Waals surface area contributed by atoms with E-state index in [0.29, 0.717) is 50.7 Å². The maximum atomic E-state index is 14.0. The summed E-state index contributed by atoms with van der Waals surface area (Å²) in [5.74, 6) is -0.902. The molecule has 1 aliphatic carbocycles. The van der Waals surface area contributed by atoms with Gasteiger partial charge in [-0.1, -0.05) is 48.5 Å². The summed E-state index contributed by atoms with van der Waals surface area (Å²) < 4.78 is 30.6. The third kappa shape index (κ3) is 3.82. The summed E-state index contributed by atoms with van der Waals surface area (Å²) in [7, 11) is 2.82. The van der Waals surface area contributed by atoms with Gasteiger partial charge in [0.25, 0.3) is 0 Å². The highest BCUT2D eigenvalue weighted by Crippen LogP contribution is 2.47. The van der Waals surface area contributed by atoms with Gasteiger partial charge in [0, 0.05) is 33.9 Å². The van der Waals surface area contributed by atoms with Crippen molar-refractivity contribution in [2.24, 2.45) is 0 Å². The van der Waals surface area contributed by atoms with Gasteiger partial charge in [0.15, 0.2) is 17.3 Å². The third-order valence-corrected chi connectivity index (χ3v) is 6.52. The summed E-state index contributed by atoms with van der Waals surface area (Å²) in [5.41, 5.74) is 4.57. The Hall–Kier alpha value is -4.39. The molecule has 182 valence electrons. The maximum absolute atomic E-state index is 14.0. The molecule has 0 fully saturated rings. The van der Waals surface area contributed by atoms with Crippen molar-refractivity contribution in [2.45, 2.75) is 19.4 Å². The summed E-state index contributed by atoms with van der Waals surface area (Å²) in [4.78, 5) is 26.4. The van der Waals surface area contributed by atoms with Gasteiger partial charge in [-0.3, -0.25) is 4.79 Å². The van der Waals surface area contributed by atoms with Crippen LogP contribution in [0.25, 0.3) is 5.70 Å². The Morgan fingerprint density at radius 2 is 1.69 bits per heavy atom. The van der Waals surface area contributed by atoms with Crippen LogP contribution in [0.4, 0.5) is 4.39 Å². The minimum atomic E-state index is -0.678. The lowest BCUT2D eigenvalue weighted by Crippen LogP contribution is -2.29. The topological polar surface area (TPSA) is 73.9 Å². The summed E-state index contributed by atoms with van der Waals surface area (Å²) in [6.07, 6.45) is 0. The van der Waals surface area contributed by atoms with Crippen LogP contribution in [0.2, 0.25) is 0 Å². The lowest BCUT2D eigenvalue weighted by Gasteiger charge is -2.29. The lowest BCUT2D eigenvalue weighted by molar-refractivity contribution is -0.136. The number of Topliss-reactive ketones (excluding diaryl/α,β-unsaturated/α-hetero) is 1. The van der Waals surface area contributed by atoms with Gasteiger partial charge in [-0.05, 0) is 30.7 Å². The molecular weight excluding hydrogens is 461 g/mol. The van der Waals surface area contributed by atoms with E-state index in [-0.39, 0.29) is 18.2 Å². The van der Waals surface area contributed by atoms with Gasteiger partial charge >= 0.3 is 5.97 Å². The average molecular weight is 486 g/mol. The number of fused-ring (bicyclic) bond motifs is 2. The van der Waals surface area contributed by atoms with Gasteiger partial charge in [0.2, 0.25) is 0 Å². The van der Waals surface area contributed by atoms with Crippen LogP contribution >= 0.6 is 0 Å². The van der Waals surface area contributed by atoms with E-state index in [2.05, 4.69) is 5.32 Å². The number of ether oxygens (including phenoxy) is 3. The number of allylic oxidation sites excluding steroid dienone is 2. The third-order valence-electron chi connectivity index (χ3n) is 6.52. The molecule has 3 aromatic carbocycles. The monoisotopic (exact) mass is 485 g/mol. The van der Waals surface area contributed by atoms with Crippen molar-refractivity contribution >= 4 is 17.4 Å². The molecular formula is C29H24FNO5. The van der Waals surface area contributed by atoms with Gasteiger partial charge in [0.05, 0.1) is 25.5 Å². The number of nitrogens with one attached hydrogen (secondary N) is 1. The molecule has 36 heavy (non-hydrogen) atoms. The number of hydrogen-bond donors (Lipinski definition) is 1. The molecule has 3 aromatic rings. The number of dihydropyridines is 1. The number of ketones is 1. The van der Waals surface area contributed by atoms with Crippen LogP contribution in [0.3, 0.4) is 0 Å². The first kappa shape index (κ1) is 23.4. The van der Waals surface area contributed by atoms with Crippen molar-refractivity contribution < 1.29 is 28.2 Å². The van der Waals surface area contributed by atoms with Crippen LogP contribution in [0.1, 0.15) is 39.9 Å². The summed E-state index contributed by atoms with van der Waals surface area (Å²) in [6, 6.07) is 19.0. The standard InChI is InChI=1S/C29H24FNO5/c1-16-24(29(33)35-3)25(26-27(31-16)19-9-5-6-10-20(19)28(26)32)17-12-13-22(23(14-17)34-2)36-15-18-8-4-7-11-21(18)30/h4-14,25,31H,15H2,1-3H3/t25-/m0/s1. The lowest BCUT2D eigenvalue weighted by atomic mass is 9.79. The van der Waals surface area contributed by atoms with Gasteiger partial charge in [-0.2, -0.15) is 0 Å². The van der Waals surface area contributed by atoms with Gasteiger partial charge in [-0.25, -0.2) is 9.18 Å². The van der Waals surface area contributed by atoms with Crippen molar-refractivity contribution in [3.8, 4) is 11.5 Å². The molecule has 7 heteroatoms. The van der Waals surface area contributed by atoms with Gasteiger partial charge < -0.3 is 19.5 Å². The van der Waals surface area contributed by atoms with E-state index in [4.69, 9.17) is 14.2 Å². The SMILES string of the molecule is COC(=O)C1=C(C)NC2=C(C(=O)c3ccccc32)[C@H]1c1ccc(OCc2ccccc2F)c(OC)c1. The Labute approximate surface area is 208 Å². The number of esters is 1. The molecule has 0 spiro atoms. The minimum absolute atomic E-state index is 0.0191. The molecule has 1 atom stereocenters. The van der Waals surface area contributed by atoms with E-state index < -0.39 is 11.9 Å². The number of rotatable bonds is 6. The van der Waals surface area contributed by atoms with Crippen LogP contribution < -0.4 is 14.8 Å². The van der Waals surface area contributed by atoms with Crippen molar-refractivity contribution in [3.05, 3.63) is 112 Å². The second-order valence-electron chi connectivity index (χ2n) is 8.54. The highest BCUT2D eigenvalue weighted by molar-refractivity contribution is 6.23. The molecule has 0 aromatic heterocycles. The maximum Gasteiger partial charge on any atom is 0.336 e. The van der Waals surface area contributed by atoms with Crippen LogP contribution in [-0.2, 0) is 16.1 Å². The molecule has 0 bridgehead atoms. The Kier molecular flexibility index (Phi) is 6.06. The van der Waals surface area contributed by atoms with Crippen LogP contribution in [0, 0.1) is 5.82 Å². The quantitative estimate of drug-likeness (QED) is 0.487. The second kappa shape index (κ2) is 9.34. The zero-order valence-corrected chi connectivity index (χ0v) is 20.1. The number of methoxy groups -OCH3 is 2. The molecule has 0 amide bonds. The average Bonchev–Trinajstić information content (AvgIpc) is 3.18. The number of hydrogen-bond acceptors (Lipinski definition) is 6. The Morgan fingerprint density at radius 3 is 2.42 bits per heavy atom. The van der Waals surface area contributed by atoms with E-state index in [1.165, 1.54) is 20.3 Å². The molecule has 1 heterocycles. The zero-order valence-electron chi connectivity index (χ0n) is 20.1. The van der Waals surface area contributed by atoms with E-state index in [9.17, 15) is 14.0 Å². The highest BCUT2D eigenvalue weighted by atomic mass is 19.1. The molecule has 0 saturated heterocycles. The smallest absolute Gasteiger partial charge is 0.336 e. The van der Waals surface area contributed by atoms with Gasteiger partial charge in [-0.15, -0.1) is 0 Å². The molecule has 5 rings (SSSR count). The fourth-order valence-corrected chi connectivity index (χ4v) is 4.80. The van der Waals surface area contributed by atoms with Crippen LogP contribution in [0.15, 0.2) is 83.6 Å². The van der Waals surface area contributed by atoms with Gasteiger partial charge in [0.1, 0.15) is 12.4 Å². The molecule has 0 saturated carbocycles. The molecule has 6 nitrogen and oxygen atoms in total. The van der Waals surface area contributed by atoms with E-state index in [1.807, 2.05) is 18.2 Å². The molecule has 2 aliphatic rings. The predicted octanol–water partition coefficient (Wildman–Crippen LogP) is 5.15. The molecule has 1 N–H and O–H groups in total. The number of carbonyl (C=O) groups is 2.